The lowest BCUT2D eigenvalue weighted by atomic mass is 10.3. The molecule has 116 valence electrons. The first kappa shape index (κ1) is 15.8. The van der Waals surface area contributed by atoms with Crippen molar-refractivity contribution in [3.8, 4) is 0 Å². The molecule has 2 aromatic heterocycles. The van der Waals surface area contributed by atoms with Gasteiger partial charge >= 0.3 is 6.18 Å². The van der Waals surface area contributed by atoms with Crippen molar-refractivity contribution >= 4 is 33.3 Å². The standard InChI is InChI=1S/C13H17F3N4S/c1-4-5-17-12-18-10(20(3)7-13(14,15)16)9-6-8(2)21-11(9)19-12/h6H,4-5,7H2,1-3H3,(H,17,18,19). The fourth-order valence-electron chi connectivity index (χ4n) is 1.98. The minimum Gasteiger partial charge on any atom is -0.354 e. The Balaban J connectivity index is 2.43. The largest absolute Gasteiger partial charge is 0.405 e. The van der Waals surface area contributed by atoms with Gasteiger partial charge in [0.2, 0.25) is 5.95 Å². The van der Waals surface area contributed by atoms with Crippen LogP contribution in [-0.4, -0.2) is 36.3 Å². The predicted octanol–water partition coefficient (Wildman–Crippen LogP) is 3.82. The van der Waals surface area contributed by atoms with Crippen molar-refractivity contribution < 1.29 is 13.2 Å². The van der Waals surface area contributed by atoms with Crippen LogP contribution in [0.15, 0.2) is 6.07 Å². The van der Waals surface area contributed by atoms with E-state index in [2.05, 4.69) is 15.3 Å². The van der Waals surface area contributed by atoms with Crippen LogP contribution in [0.5, 0.6) is 0 Å². The van der Waals surface area contributed by atoms with Gasteiger partial charge in [-0.25, -0.2) is 4.98 Å². The van der Waals surface area contributed by atoms with Gasteiger partial charge in [0.15, 0.2) is 0 Å². The molecule has 21 heavy (non-hydrogen) atoms. The van der Waals surface area contributed by atoms with Crippen LogP contribution < -0.4 is 10.2 Å². The summed E-state index contributed by atoms with van der Waals surface area (Å²) in [6, 6.07) is 1.83. The third kappa shape index (κ3) is 3.96. The van der Waals surface area contributed by atoms with Gasteiger partial charge in [0.25, 0.3) is 0 Å². The summed E-state index contributed by atoms with van der Waals surface area (Å²) in [5, 5.41) is 3.69. The van der Waals surface area contributed by atoms with E-state index in [-0.39, 0.29) is 0 Å². The van der Waals surface area contributed by atoms with Crippen molar-refractivity contribution in [3.05, 3.63) is 10.9 Å². The maximum Gasteiger partial charge on any atom is 0.405 e. The molecule has 0 aliphatic rings. The fourth-order valence-corrected chi connectivity index (χ4v) is 2.85. The molecule has 0 atom stereocenters. The van der Waals surface area contributed by atoms with Crippen LogP contribution in [0.1, 0.15) is 18.2 Å². The van der Waals surface area contributed by atoms with Crippen molar-refractivity contribution in [2.45, 2.75) is 26.4 Å². The lowest BCUT2D eigenvalue weighted by Crippen LogP contribution is -2.31. The molecule has 8 heteroatoms. The van der Waals surface area contributed by atoms with Crippen LogP contribution in [-0.2, 0) is 0 Å². The molecule has 0 aliphatic heterocycles. The second-order valence-corrected chi connectivity index (χ2v) is 6.08. The van der Waals surface area contributed by atoms with Crippen LogP contribution in [0.3, 0.4) is 0 Å². The molecule has 2 heterocycles. The van der Waals surface area contributed by atoms with Gasteiger partial charge in [-0.1, -0.05) is 6.92 Å². The number of hydrogen-bond donors (Lipinski definition) is 1. The number of fused-ring (bicyclic) bond motifs is 1. The number of halogens is 3. The number of thiophene rings is 1. The average Bonchev–Trinajstić information content (AvgIpc) is 2.73. The first-order valence-electron chi connectivity index (χ1n) is 6.60. The van der Waals surface area contributed by atoms with E-state index in [1.165, 1.54) is 18.4 Å². The molecule has 0 spiro atoms. The number of aryl methyl sites for hydroxylation is 1. The highest BCUT2D eigenvalue weighted by Crippen LogP contribution is 2.32. The predicted molar refractivity (Wildman–Crippen MR) is 80.3 cm³/mol. The number of nitrogens with one attached hydrogen (secondary N) is 1. The minimum absolute atomic E-state index is 0.306. The Morgan fingerprint density at radius 1 is 1.33 bits per heavy atom. The topological polar surface area (TPSA) is 41.1 Å². The van der Waals surface area contributed by atoms with Gasteiger partial charge in [0.05, 0.1) is 5.39 Å². The summed E-state index contributed by atoms with van der Waals surface area (Å²) in [7, 11) is 1.39. The summed E-state index contributed by atoms with van der Waals surface area (Å²) in [6.45, 7) is 3.54. The van der Waals surface area contributed by atoms with Gasteiger partial charge in [-0.2, -0.15) is 18.2 Å². The van der Waals surface area contributed by atoms with Crippen molar-refractivity contribution in [3.63, 3.8) is 0 Å². The Kier molecular flexibility index (Phi) is 4.55. The number of rotatable bonds is 5. The van der Waals surface area contributed by atoms with Crippen molar-refractivity contribution in [2.24, 2.45) is 0 Å². The van der Waals surface area contributed by atoms with E-state index in [0.29, 0.717) is 28.5 Å². The highest BCUT2D eigenvalue weighted by Gasteiger charge is 2.30. The molecule has 0 aliphatic carbocycles. The normalized spacial score (nSPS) is 11.9. The van der Waals surface area contributed by atoms with Crippen LogP contribution in [0.2, 0.25) is 0 Å². The Morgan fingerprint density at radius 3 is 2.67 bits per heavy atom. The molecule has 0 saturated carbocycles. The van der Waals surface area contributed by atoms with Gasteiger partial charge < -0.3 is 10.2 Å². The van der Waals surface area contributed by atoms with Crippen LogP contribution in [0.25, 0.3) is 10.2 Å². The molecule has 0 unspecified atom stereocenters. The third-order valence-corrected chi connectivity index (χ3v) is 3.75. The number of anilines is 2. The summed E-state index contributed by atoms with van der Waals surface area (Å²) >= 11 is 1.45. The molecular weight excluding hydrogens is 301 g/mol. The number of nitrogens with zero attached hydrogens (tertiary/aromatic N) is 3. The van der Waals surface area contributed by atoms with Gasteiger partial charge in [-0.3, -0.25) is 0 Å². The van der Waals surface area contributed by atoms with Gasteiger partial charge in [-0.05, 0) is 19.4 Å². The SMILES string of the molecule is CCCNc1nc(N(C)CC(F)(F)F)c2cc(C)sc2n1. The summed E-state index contributed by atoms with van der Waals surface area (Å²) in [5.74, 6) is 0.676. The second-order valence-electron chi connectivity index (χ2n) is 4.84. The van der Waals surface area contributed by atoms with Crippen molar-refractivity contribution in [1.29, 1.82) is 0 Å². The lowest BCUT2D eigenvalue weighted by Gasteiger charge is -2.21. The first-order valence-corrected chi connectivity index (χ1v) is 7.41. The lowest BCUT2D eigenvalue weighted by molar-refractivity contribution is -0.119. The van der Waals surface area contributed by atoms with Gasteiger partial charge in [0.1, 0.15) is 17.2 Å². The quantitative estimate of drug-likeness (QED) is 0.910. The Morgan fingerprint density at radius 2 is 2.05 bits per heavy atom. The maximum atomic E-state index is 12.6. The molecule has 0 amide bonds. The highest BCUT2D eigenvalue weighted by molar-refractivity contribution is 7.18. The first-order chi connectivity index (χ1) is 9.80. The van der Waals surface area contributed by atoms with Crippen LogP contribution in [0, 0.1) is 6.92 Å². The monoisotopic (exact) mass is 318 g/mol. The number of alkyl halides is 3. The zero-order valence-corrected chi connectivity index (χ0v) is 12.9. The smallest absolute Gasteiger partial charge is 0.354 e. The number of aromatic nitrogens is 2. The van der Waals surface area contributed by atoms with Crippen molar-refractivity contribution in [1.82, 2.24) is 9.97 Å². The highest BCUT2D eigenvalue weighted by atomic mass is 32.1. The Labute approximate surface area is 125 Å². The zero-order valence-electron chi connectivity index (χ0n) is 12.1. The molecule has 1 N–H and O–H groups in total. The van der Waals surface area contributed by atoms with E-state index in [1.54, 1.807) is 0 Å². The molecule has 2 aromatic rings. The van der Waals surface area contributed by atoms with E-state index in [1.807, 2.05) is 19.9 Å². The molecule has 4 nitrogen and oxygen atoms in total. The molecule has 0 saturated heterocycles. The molecule has 0 aromatic carbocycles. The van der Waals surface area contributed by atoms with E-state index >= 15 is 0 Å². The van der Waals surface area contributed by atoms with Crippen LogP contribution in [0.4, 0.5) is 24.9 Å². The molecule has 0 fully saturated rings. The van der Waals surface area contributed by atoms with E-state index in [9.17, 15) is 13.2 Å². The van der Waals surface area contributed by atoms with E-state index in [4.69, 9.17) is 0 Å². The summed E-state index contributed by atoms with van der Waals surface area (Å²) in [5.41, 5.74) is 0. The minimum atomic E-state index is -4.27. The van der Waals surface area contributed by atoms with E-state index < -0.39 is 12.7 Å². The molecular formula is C13H17F3N4S. The zero-order chi connectivity index (χ0) is 15.6. The Hall–Kier alpha value is -1.57. The molecule has 0 radical (unpaired) electrons. The molecule has 0 bridgehead atoms. The van der Waals surface area contributed by atoms with Gasteiger partial charge in [0, 0.05) is 18.5 Å². The van der Waals surface area contributed by atoms with Gasteiger partial charge in [-0.15, -0.1) is 11.3 Å². The molecule has 2 rings (SSSR count). The second kappa shape index (κ2) is 6.05. The summed E-state index contributed by atoms with van der Waals surface area (Å²) < 4.78 is 37.8. The average molecular weight is 318 g/mol. The Bertz CT molecular complexity index is 624. The van der Waals surface area contributed by atoms with Crippen molar-refractivity contribution in [2.75, 3.05) is 30.4 Å². The summed E-state index contributed by atoms with van der Waals surface area (Å²) in [4.78, 5) is 11.4. The van der Waals surface area contributed by atoms with Crippen LogP contribution >= 0.6 is 11.3 Å². The number of hydrogen-bond acceptors (Lipinski definition) is 5. The van der Waals surface area contributed by atoms with E-state index in [0.717, 1.165) is 16.2 Å². The summed E-state index contributed by atoms with van der Waals surface area (Å²) in [6.07, 6.45) is -3.38. The maximum absolute atomic E-state index is 12.6. The fraction of sp³-hybridized carbons (Fsp3) is 0.538. The third-order valence-electron chi connectivity index (χ3n) is 2.81.